The fraction of sp³-hybridized carbons (Fsp3) is 0.111. The van der Waals surface area contributed by atoms with Crippen molar-refractivity contribution in [3.63, 3.8) is 0 Å². The van der Waals surface area contributed by atoms with Crippen LogP contribution < -0.4 is 14.8 Å². The molecule has 0 atom stereocenters. The highest BCUT2D eigenvalue weighted by atomic mass is 16.7. The van der Waals surface area contributed by atoms with Crippen molar-refractivity contribution in [3.8, 4) is 11.5 Å². The van der Waals surface area contributed by atoms with Gasteiger partial charge in [-0.2, -0.15) is 0 Å². The van der Waals surface area contributed by atoms with Crippen molar-refractivity contribution in [2.45, 2.75) is 0 Å². The van der Waals surface area contributed by atoms with E-state index in [0.717, 1.165) is 0 Å². The number of carbonyl (C=O) groups is 2. The average Bonchev–Trinajstić information content (AvgIpc) is 3.13. The molecule has 9 nitrogen and oxygen atoms in total. The highest BCUT2D eigenvalue weighted by molar-refractivity contribution is 6.02. The number of rotatable bonds is 5. The van der Waals surface area contributed by atoms with Crippen LogP contribution in [0.15, 0.2) is 42.5 Å². The van der Waals surface area contributed by atoms with Crippen LogP contribution in [0.5, 0.6) is 11.5 Å². The normalized spacial score (nSPS) is 12.0. The van der Waals surface area contributed by atoms with Crippen molar-refractivity contribution in [1.29, 1.82) is 0 Å². The van der Waals surface area contributed by atoms with E-state index in [1.54, 1.807) is 12.1 Å². The minimum atomic E-state index is -0.564. The van der Waals surface area contributed by atoms with Gasteiger partial charge in [-0.1, -0.05) is 0 Å². The first-order chi connectivity index (χ1) is 13.0. The van der Waals surface area contributed by atoms with Crippen molar-refractivity contribution < 1.29 is 28.7 Å². The molecule has 0 spiro atoms. The molecule has 1 N–H and O–H groups in total. The Bertz CT molecular complexity index is 935. The van der Waals surface area contributed by atoms with Gasteiger partial charge in [0.05, 0.1) is 29.2 Å². The van der Waals surface area contributed by atoms with Crippen molar-refractivity contribution in [2.75, 3.05) is 19.2 Å². The van der Waals surface area contributed by atoms with Gasteiger partial charge in [0, 0.05) is 11.8 Å². The lowest BCUT2D eigenvalue weighted by Crippen LogP contribution is -2.08. The van der Waals surface area contributed by atoms with E-state index in [1.807, 2.05) is 0 Å². The number of carbonyl (C=O) groups excluding carboxylic acids is 2. The molecule has 2 aromatic carbocycles. The maximum Gasteiger partial charge on any atom is 0.337 e. The number of ether oxygens (including phenoxy) is 3. The van der Waals surface area contributed by atoms with E-state index in [0.29, 0.717) is 17.0 Å². The van der Waals surface area contributed by atoms with E-state index in [1.165, 1.54) is 43.5 Å². The summed E-state index contributed by atoms with van der Waals surface area (Å²) in [5.74, 6) is -0.316. The van der Waals surface area contributed by atoms with Crippen LogP contribution in [0.4, 0.5) is 11.4 Å². The molecule has 2 aromatic rings. The molecule has 0 aliphatic carbocycles. The topological polar surface area (TPSA) is 117 Å². The zero-order valence-corrected chi connectivity index (χ0v) is 14.1. The van der Waals surface area contributed by atoms with E-state index in [4.69, 9.17) is 9.47 Å². The van der Waals surface area contributed by atoms with Crippen LogP contribution in [-0.2, 0) is 9.53 Å². The first-order valence-electron chi connectivity index (χ1n) is 7.73. The molecular weight excluding hydrogens is 356 g/mol. The number of fused-ring (bicyclic) bond motifs is 1. The van der Waals surface area contributed by atoms with Crippen LogP contribution >= 0.6 is 0 Å². The molecule has 0 aromatic heterocycles. The molecule has 0 fully saturated rings. The van der Waals surface area contributed by atoms with Gasteiger partial charge < -0.3 is 19.5 Å². The number of methoxy groups -OCH3 is 1. The molecule has 0 saturated carbocycles. The molecule has 1 amide bonds. The summed E-state index contributed by atoms with van der Waals surface area (Å²) in [6.45, 7) is -0.0122. The fourth-order valence-corrected chi connectivity index (χ4v) is 2.40. The number of nitro benzene ring substituents is 1. The smallest absolute Gasteiger partial charge is 0.337 e. The minimum absolute atomic E-state index is 0.0122. The zero-order valence-electron chi connectivity index (χ0n) is 14.1. The van der Waals surface area contributed by atoms with Gasteiger partial charge in [-0.15, -0.1) is 0 Å². The Kier molecular flexibility index (Phi) is 5.02. The van der Waals surface area contributed by atoms with Crippen LogP contribution in [0.1, 0.15) is 15.9 Å². The van der Waals surface area contributed by atoms with Crippen LogP contribution in [0.3, 0.4) is 0 Å². The number of hydrogen-bond donors (Lipinski definition) is 1. The third kappa shape index (κ3) is 4.03. The van der Waals surface area contributed by atoms with Crippen LogP contribution in [0.25, 0.3) is 6.08 Å². The van der Waals surface area contributed by atoms with Gasteiger partial charge in [-0.25, -0.2) is 4.79 Å². The number of nitro groups is 1. The van der Waals surface area contributed by atoms with Crippen LogP contribution in [-0.4, -0.2) is 30.7 Å². The van der Waals surface area contributed by atoms with E-state index in [2.05, 4.69) is 10.1 Å². The van der Waals surface area contributed by atoms with Crippen molar-refractivity contribution in [2.24, 2.45) is 0 Å². The van der Waals surface area contributed by atoms with Crippen LogP contribution in [0, 0.1) is 10.1 Å². The number of esters is 1. The Hall–Kier alpha value is -3.88. The number of hydrogen-bond acceptors (Lipinski definition) is 7. The minimum Gasteiger partial charge on any atom is -0.465 e. The second-order valence-electron chi connectivity index (χ2n) is 5.41. The maximum atomic E-state index is 12.1. The first-order valence-corrected chi connectivity index (χ1v) is 7.73. The largest absolute Gasteiger partial charge is 0.465 e. The van der Waals surface area contributed by atoms with Gasteiger partial charge >= 0.3 is 5.97 Å². The van der Waals surface area contributed by atoms with Gasteiger partial charge in [0.2, 0.25) is 12.7 Å². The second kappa shape index (κ2) is 7.56. The van der Waals surface area contributed by atoms with Gasteiger partial charge in [0.15, 0.2) is 11.5 Å². The molecular formula is C18H14N2O7. The van der Waals surface area contributed by atoms with Gasteiger partial charge in [0.1, 0.15) is 0 Å². The van der Waals surface area contributed by atoms with Crippen molar-refractivity contribution in [1.82, 2.24) is 0 Å². The predicted molar refractivity (Wildman–Crippen MR) is 94.7 cm³/mol. The molecule has 1 heterocycles. The standard InChI is InChI=1S/C18H14N2O7/c1-25-18(22)11-2-5-13(6-3-11)19-17(21)7-4-12-8-15-16(27-10-26-15)9-14(12)20(23)24/h2-9H,10H2,1H3,(H,19,21). The molecule has 1 aliphatic rings. The number of nitrogens with zero attached hydrogens (tertiary/aromatic N) is 1. The highest BCUT2D eigenvalue weighted by Gasteiger charge is 2.22. The van der Waals surface area contributed by atoms with Crippen molar-refractivity contribution >= 4 is 29.3 Å². The summed E-state index contributed by atoms with van der Waals surface area (Å²) in [5, 5.41) is 13.8. The quantitative estimate of drug-likeness (QED) is 0.372. The van der Waals surface area contributed by atoms with Gasteiger partial charge in [-0.05, 0) is 36.4 Å². The average molecular weight is 370 g/mol. The summed E-state index contributed by atoms with van der Waals surface area (Å²) >= 11 is 0. The Labute approximate surface area is 153 Å². The second-order valence-corrected chi connectivity index (χ2v) is 5.41. The maximum absolute atomic E-state index is 12.1. The Morgan fingerprint density at radius 3 is 2.48 bits per heavy atom. The number of anilines is 1. The zero-order chi connectivity index (χ0) is 19.4. The summed E-state index contributed by atoms with van der Waals surface area (Å²) < 4.78 is 14.9. The van der Waals surface area contributed by atoms with E-state index < -0.39 is 16.8 Å². The molecule has 138 valence electrons. The Morgan fingerprint density at radius 2 is 1.85 bits per heavy atom. The molecule has 0 unspecified atom stereocenters. The van der Waals surface area contributed by atoms with Gasteiger partial charge in [-0.3, -0.25) is 14.9 Å². The first kappa shape index (κ1) is 17.9. The summed E-state index contributed by atoms with van der Waals surface area (Å²) in [5.41, 5.74) is 0.811. The summed E-state index contributed by atoms with van der Waals surface area (Å²) in [6, 6.07) is 8.80. The molecule has 0 bridgehead atoms. The number of amides is 1. The monoisotopic (exact) mass is 370 g/mol. The Morgan fingerprint density at radius 1 is 1.19 bits per heavy atom. The number of benzene rings is 2. The summed E-state index contributed by atoms with van der Waals surface area (Å²) in [7, 11) is 1.28. The van der Waals surface area contributed by atoms with Crippen LogP contribution in [0.2, 0.25) is 0 Å². The third-order valence-electron chi connectivity index (χ3n) is 3.71. The molecule has 0 saturated heterocycles. The molecule has 9 heteroatoms. The van der Waals surface area contributed by atoms with Crippen molar-refractivity contribution in [3.05, 3.63) is 63.7 Å². The lowest BCUT2D eigenvalue weighted by Gasteiger charge is -2.04. The van der Waals surface area contributed by atoms with E-state index >= 15 is 0 Å². The van der Waals surface area contributed by atoms with E-state index in [-0.39, 0.29) is 23.8 Å². The van der Waals surface area contributed by atoms with Gasteiger partial charge in [0.25, 0.3) is 5.69 Å². The summed E-state index contributed by atoms with van der Waals surface area (Å²) in [6.07, 6.45) is 2.48. The fourth-order valence-electron chi connectivity index (χ4n) is 2.40. The molecule has 0 radical (unpaired) electrons. The molecule has 1 aliphatic heterocycles. The predicted octanol–water partition coefficient (Wildman–Crippen LogP) is 2.76. The SMILES string of the molecule is COC(=O)c1ccc(NC(=O)C=Cc2cc3c(cc2[N+](=O)[O-])OCO3)cc1. The summed E-state index contributed by atoms with van der Waals surface area (Å²) in [4.78, 5) is 34.1. The Balaban J connectivity index is 1.73. The highest BCUT2D eigenvalue weighted by Crippen LogP contribution is 2.38. The molecule has 3 rings (SSSR count). The third-order valence-corrected chi connectivity index (χ3v) is 3.71. The molecule has 27 heavy (non-hydrogen) atoms. The van der Waals surface area contributed by atoms with E-state index in [9.17, 15) is 19.7 Å². The lowest BCUT2D eigenvalue weighted by molar-refractivity contribution is -0.385. The number of nitrogens with one attached hydrogen (secondary N) is 1. The lowest BCUT2D eigenvalue weighted by atomic mass is 10.1.